The smallest absolute Gasteiger partial charge is 0.233 e. The average molecular weight is 503 g/mol. The molecule has 1 aromatic heterocycles. The molecule has 1 unspecified atom stereocenters. The first-order chi connectivity index (χ1) is 16.2. The third-order valence-electron chi connectivity index (χ3n) is 4.99. The Morgan fingerprint density at radius 2 is 1.76 bits per heavy atom. The third-order valence-corrected chi connectivity index (χ3v) is 7.05. The van der Waals surface area contributed by atoms with Crippen molar-refractivity contribution in [3.8, 4) is 28.5 Å². The molecule has 180 valence electrons. The Hall–Kier alpha value is -3.11. The van der Waals surface area contributed by atoms with Gasteiger partial charge in [0.15, 0.2) is 9.84 Å². The van der Waals surface area contributed by atoms with E-state index in [1.807, 2.05) is 31.2 Å². The summed E-state index contributed by atoms with van der Waals surface area (Å²) in [6.07, 6.45) is 2.54. The Balaban J connectivity index is 1.65. The van der Waals surface area contributed by atoms with Crippen molar-refractivity contribution < 1.29 is 26.8 Å². The summed E-state index contributed by atoms with van der Waals surface area (Å²) >= 11 is 0. The maximum atomic E-state index is 11.7. The van der Waals surface area contributed by atoms with Crippen LogP contribution in [0.5, 0.6) is 17.2 Å². The van der Waals surface area contributed by atoms with Crippen LogP contribution in [0.1, 0.15) is 12.6 Å². The molecular formula is C24H26N2O6S2. The van der Waals surface area contributed by atoms with Gasteiger partial charge in [0, 0.05) is 40.6 Å². The number of nitrogens with zero attached hydrogens (tertiary/aromatic N) is 1. The van der Waals surface area contributed by atoms with Gasteiger partial charge in [0.25, 0.3) is 0 Å². The monoisotopic (exact) mass is 502 g/mol. The zero-order chi connectivity index (χ0) is 24.3. The van der Waals surface area contributed by atoms with E-state index in [0.717, 1.165) is 23.2 Å². The summed E-state index contributed by atoms with van der Waals surface area (Å²) in [7, 11) is -4.29. The third kappa shape index (κ3) is 6.06. The molecule has 0 amide bonds. The lowest BCUT2D eigenvalue weighted by Crippen LogP contribution is -2.19. The van der Waals surface area contributed by atoms with Crippen LogP contribution in [0.4, 0.5) is 0 Å². The number of H-pyrrole nitrogens is 1. The van der Waals surface area contributed by atoms with Crippen molar-refractivity contribution in [3.05, 3.63) is 60.3 Å². The topological polar surface area (TPSA) is 107 Å². The minimum atomic E-state index is -3.29. The highest BCUT2D eigenvalue weighted by atomic mass is 32.2. The highest BCUT2D eigenvalue weighted by molar-refractivity contribution is 7.90. The van der Waals surface area contributed by atoms with E-state index in [9.17, 15) is 12.6 Å². The molecular weight excluding hydrogens is 476 g/mol. The molecule has 0 saturated heterocycles. The van der Waals surface area contributed by atoms with Gasteiger partial charge in [-0.15, -0.1) is 0 Å². The molecule has 0 radical (unpaired) electrons. The minimum absolute atomic E-state index is 0.218. The maximum Gasteiger partial charge on any atom is 0.233 e. The summed E-state index contributed by atoms with van der Waals surface area (Å²) in [6, 6.07) is 15.5. The number of nitrogens with one attached hydrogen (secondary N) is 1. The predicted molar refractivity (Wildman–Crippen MR) is 132 cm³/mol. The summed E-state index contributed by atoms with van der Waals surface area (Å²) < 4.78 is 52.6. The van der Waals surface area contributed by atoms with Crippen LogP contribution in [0.25, 0.3) is 11.3 Å². The van der Waals surface area contributed by atoms with E-state index in [1.165, 1.54) is 12.1 Å². The Bertz CT molecular complexity index is 1330. The fourth-order valence-corrected chi connectivity index (χ4v) is 4.89. The van der Waals surface area contributed by atoms with Crippen LogP contribution in [-0.2, 0) is 25.4 Å². The van der Waals surface area contributed by atoms with E-state index >= 15 is 0 Å². The molecule has 0 aliphatic carbocycles. The molecule has 1 N–H and O–H groups in total. The number of benzene rings is 2. The van der Waals surface area contributed by atoms with Crippen LogP contribution in [0.3, 0.4) is 0 Å². The fraction of sp³-hybridized carbons (Fsp3) is 0.292. The maximum absolute atomic E-state index is 11.7. The molecule has 10 heteroatoms. The van der Waals surface area contributed by atoms with Gasteiger partial charge in [-0.3, -0.25) is 4.21 Å². The van der Waals surface area contributed by atoms with E-state index in [-0.39, 0.29) is 11.0 Å². The zero-order valence-electron chi connectivity index (χ0n) is 19.1. The van der Waals surface area contributed by atoms with E-state index < -0.39 is 20.6 Å². The van der Waals surface area contributed by atoms with Crippen molar-refractivity contribution in [3.63, 3.8) is 0 Å². The Labute approximate surface area is 201 Å². The summed E-state index contributed by atoms with van der Waals surface area (Å²) in [6.45, 7) is 3.07. The number of sulfone groups is 1. The highest BCUT2D eigenvalue weighted by Gasteiger charge is 2.15. The second-order valence-corrected chi connectivity index (χ2v) is 11.5. The van der Waals surface area contributed by atoms with Gasteiger partial charge in [0.2, 0.25) is 5.90 Å². The first-order valence-corrected chi connectivity index (χ1v) is 14.3. The normalized spacial score (nSPS) is 15.3. The molecule has 0 saturated carbocycles. The van der Waals surface area contributed by atoms with Crippen LogP contribution < -0.4 is 9.47 Å². The summed E-state index contributed by atoms with van der Waals surface area (Å²) in [5.74, 6) is 2.54. The molecule has 1 aliphatic heterocycles. The molecule has 3 aromatic rings. The first kappa shape index (κ1) is 24.0. The molecule has 0 fully saturated rings. The molecule has 8 nitrogen and oxygen atoms in total. The summed E-state index contributed by atoms with van der Waals surface area (Å²) in [5.41, 5.74) is 2.42. The van der Waals surface area contributed by atoms with Crippen molar-refractivity contribution in [2.24, 2.45) is 4.99 Å². The second-order valence-electron chi connectivity index (χ2n) is 8.03. The molecule has 4 rings (SSSR count). The van der Waals surface area contributed by atoms with Crippen LogP contribution in [0, 0.1) is 0 Å². The Morgan fingerprint density at radius 3 is 2.41 bits per heavy atom. The average Bonchev–Trinajstić information content (AvgIpc) is 3.45. The van der Waals surface area contributed by atoms with Gasteiger partial charge in [0.05, 0.1) is 17.2 Å². The van der Waals surface area contributed by atoms with Gasteiger partial charge < -0.3 is 19.2 Å². The lowest BCUT2D eigenvalue weighted by atomic mass is 10.1. The zero-order valence-corrected chi connectivity index (χ0v) is 20.7. The second kappa shape index (κ2) is 10.0. The number of ether oxygens (including phenoxy) is 3. The van der Waals surface area contributed by atoms with Crippen molar-refractivity contribution >= 4 is 26.5 Å². The number of hydrogen-bond acceptors (Lipinski definition) is 7. The van der Waals surface area contributed by atoms with Crippen molar-refractivity contribution in [2.75, 3.05) is 31.4 Å². The van der Waals surface area contributed by atoms with Gasteiger partial charge in [-0.05, 0) is 55.5 Å². The van der Waals surface area contributed by atoms with Crippen molar-refractivity contribution in [1.82, 2.24) is 4.98 Å². The van der Waals surface area contributed by atoms with E-state index in [0.29, 0.717) is 42.1 Å². The van der Waals surface area contributed by atoms with Crippen LogP contribution in [0.15, 0.2) is 64.5 Å². The number of aliphatic imine (C=N–C) groups is 1. The van der Waals surface area contributed by atoms with E-state index in [2.05, 4.69) is 9.98 Å². The number of rotatable bonds is 9. The first-order valence-electron chi connectivity index (χ1n) is 10.6. The number of aromatic nitrogens is 1. The lowest BCUT2D eigenvalue weighted by Gasteiger charge is -2.16. The molecule has 2 aromatic carbocycles. The molecule has 1 aliphatic rings. The summed E-state index contributed by atoms with van der Waals surface area (Å²) in [4.78, 5) is 7.87. The number of aromatic amines is 1. The van der Waals surface area contributed by atoms with Crippen LogP contribution in [0.2, 0.25) is 0 Å². The van der Waals surface area contributed by atoms with Gasteiger partial charge in [-0.25, -0.2) is 13.4 Å². The van der Waals surface area contributed by atoms with Gasteiger partial charge in [-0.2, -0.15) is 0 Å². The van der Waals surface area contributed by atoms with Crippen LogP contribution in [-0.4, -0.2) is 61.0 Å². The molecule has 0 bridgehead atoms. The quantitative estimate of drug-likeness (QED) is 0.477. The predicted octanol–water partition coefficient (Wildman–Crippen LogP) is 3.80. The van der Waals surface area contributed by atoms with Gasteiger partial charge >= 0.3 is 0 Å². The van der Waals surface area contributed by atoms with Crippen LogP contribution >= 0.6 is 0 Å². The molecule has 34 heavy (non-hydrogen) atoms. The lowest BCUT2D eigenvalue weighted by molar-refractivity contribution is 0.245. The SMILES string of the molecule is C[C@@H](CS(C)=O)Oc1cc(Oc2ccc(S(C)(=O)=O)cc2)cc(-c2ccc(C3=NCCO3)[nH]2)c1. The largest absolute Gasteiger partial charge is 0.490 e. The van der Waals surface area contributed by atoms with Crippen molar-refractivity contribution in [2.45, 2.75) is 17.9 Å². The fourth-order valence-electron chi connectivity index (χ4n) is 3.53. The molecule has 2 heterocycles. The Kier molecular flexibility index (Phi) is 7.08. The number of hydrogen-bond donors (Lipinski definition) is 1. The standard InChI is InChI=1S/C24H26N2O6S2/c1-16(15-33(2)27)31-19-12-17(22-8-9-23(26-22)24-25-10-11-30-24)13-20(14-19)32-18-4-6-21(7-5-18)34(3,28)29/h4-9,12-14,16,26H,10-11,15H2,1-3H3/t16-,33?/m0/s1. The Morgan fingerprint density at radius 1 is 1.06 bits per heavy atom. The molecule has 2 atom stereocenters. The van der Waals surface area contributed by atoms with E-state index in [1.54, 1.807) is 24.5 Å². The summed E-state index contributed by atoms with van der Waals surface area (Å²) in [5, 5.41) is 0. The van der Waals surface area contributed by atoms with Gasteiger partial charge in [0.1, 0.15) is 35.7 Å². The highest BCUT2D eigenvalue weighted by Crippen LogP contribution is 2.33. The van der Waals surface area contributed by atoms with E-state index in [4.69, 9.17) is 14.2 Å². The van der Waals surface area contributed by atoms with Crippen molar-refractivity contribution in [1.29, 1.82) is 0 Å². The molecule has 0 spiro atoms. The van der Waals surface area contributed by atoms with Gasteiger partial charge in [-0.1, -0.05) is 0 Å². The minimum Gasteiger partial charge on any atom is -0.490 e.